The normalized spacial score (nSPS) is 23.2. The number of aliphatic hydroxyl groups excluding tert-OH is 1. The van der Waals surface area contributed by atoms with E-state index in [-0.39, 0.29) is 6.10 Å². The molecule has 1 aromatic heterocycles. The lowest BCUT2D eigenvalue weighted by molar-refractivity contribution is 0.167. The summed E-state index contributed by atoms with van der Waals surface area (Å²) in [5.41, 5.74) is 1.22. The van der Waals surface area contributed by atoms with E-state index in [2.05, 4.69) is 5.10 Å². The molecule has 0 amide bonds. The van der Waals surface area contributed by atoms with Crippen LogP contribution >= 0.6 is 23.5 Å². The van der Waals surface area contributed by atoms with E-state index >= 15 is 0 Å². The summed E-state index contributed by atoms with van der Waals surface area (Å²) in [6.07, 6.45) is 5.52. The molecule has 1 fully saturated rings. The van der Waals surface area contributed by atoms with E-state index in [9.17, 15) is 5.11 Å². The molecule has 1 aromatic rings. The number of thioether (sulfide) groups is 2. The largest absolute Gasteiger partial charge is 0.392 e. The molecule has 2 rings (SSSR count). The number of hydrogen-bond donors (Lipinski definition) is 1. The quantitative estimate of drug-likeness (QED) is 0.889. The van der Waals surface area contributed by atoms with Crippen molar-refractivity contribution in [1.29, 1.82) is 0 Å². The summed E-state index contributed by atoms with van der Waals surface area (Å²) in [4.78, 5) is 0. The van der Waals surface area contributed by atoms with Crippen molar-refractivity contribution in [2.24, 2.45) is 7.05 Å². The summed E-state index contributed by atoms with van der Waals surface area (Å²) in [5.74, 6) is 3.51. The van der Waals surface area contributed by atoms with Crippen LogP contribution in [0, 0.1) is 0 Å². The Bertz CT molecular complexity index is 324. The molecule has 1 aliphatic heterocycles. The van der Waals surface area contributed by atoms with Crippen molar-refractivity contribution >= 4 is 23.5 Å². The van der Waals surface area contributed by atoms with Crippen molar-refractivity contribution in [3.05, 3.63) is 18.0 Å². The summed E-state index contributed by atoms with van der Waals surface area (Å²) in [7, 11) is 1.92. The average molecular weight is 258 g/mol. The first-order valence-corrected chi connectivity index (χ1v) is 7.81. The molecule has 1 saturated heterocycles. The van der Waals surface area contributed by atoms with Crippen LogP contribution in [0.2, 0.25) is 0 Å². The van der Waals surface area contributed by atoms with Crippen LogP contribution < -0.4 is 0 Å². The molecule has 1 N–H and O–H groups in total. The molecule has 1 aliphatic rings. The molecule has 2 heterocycles. The number of rotatable bonds is 4. The van der Waals surface area contributed by atoms with E-state index in [1.54, 1.807) is 0 Å². The van der Waals surface area contributed by atoms with E-state index in [1.807, 2.05) is 47.6 Å². The second-order valence-corrected chi connectivity index (χ2v) is 6.61. The SMILES string of the molecule is Cn1cc(CCC(O)C2CSCCS2)cn1. The van der Waals surface area contributed by atoms with Crippen molar-refractivity contribution in [2.75, 3.05) is 17.3 Å². The predicted molar refractivity (Wildman–Crippen MR) is 71.1 cm³/mol. The van der Waals surface area contributed by atoms with Crippen molar-refractivity contribution in [3.8, 4) is 0 Å². The lowest BCUT2D eigenvalue weighted by Crippen LogP contribution is -2.29. The van der Waals surface area contributed by atoms with Gasteiger partial charge in [-0.2, -0.15) is 28.6 Å². The molecule has 0 aliphatic carbocycles. The number of hydrogen-bond acceptors (Lipinski definition) is 4. The smallest absolute Gasteiger partial charge is 0.0670 e. The van der Waals surface area contributed by atoms with Gasteiger partial charge in [-0.05, 0) is 18.4 Å². The summed E-state index contributed by atoms with van der Waals surface area (Å²) >= 11 is 3.88. The fourth-order valence-corrected chi connectivity index (χ4v) is 4.64. The standard InChI is InChI=1S/C11H18N2OS2/c1-13-7-9(6-12-13)2-3-10(14)11-8-15-4-5-16-11/h6-7,10-11,14H,2-5,8H2,1H3. The van der Waals surface area contributed by atoms with Crippen LogP contribution in [0.4, 0.5) is 0 Å². The molecule has 3 nitrogen and oxygen atoms in total. The molecule has 0 saturated carbocycles. The van der Waals surface area contributed by atoms with Crippen LogP contribution in [-0.2, 0) is 13.5 Å². The highest BCUT2D eigenvalue weighted by atomic mass is 32.2. The average Bonchev–Trinajstić information content (AvgIpc) is 2.73. The van der Waals surface area contributed by atoms with Gasteiger partial charge in [0.2, 0.25) is 0 Å². The van der Waals surface area contributed by atoms with Crippen LogP contribution in [0.3, 0.4) is 0 Å². The molecule has 5 heteroatoms. The Balaban J connectivity index is 1.76. The van der Waals surface area contributed by atoms with E-state index in [0.717, 1.165) is 18.6 Å². The topological polar surface area (TPSA) is 38.0 Å². The van der Waals surface area contributed by atoms with Gasteiger partial charge >= 0.3 is 0 Å². The van der Waals surface area contributed by atoms with Crippen LogP contribution in [-0.4, -0.2) is 43.5 Å². The van der Waals surface area contributed by atoms with Gasteiger partial charge in [0.25, 0.3) is 0 Å². The maximum Gasteiger partial charge on any atom is 0.0670 e. The van der Waals surface area contributed by atoms with Crippen LogP contribution in [0.1, 0.15) is 12.0 Å². The van der Waals surface area contributed by atoms with Crippen molar-refractivity contribution in [3.63, 3.8) is 0 Å². The number of nitrogens with zero attached hydrogens (tertiary/aromatic N) is 2. The Labute approximate surface area is 105 Å². The number of aromatic nitrogens is 2. The molecule has 2 atom stereocenters. The maximum absolute atomic E-state index is 10.1. The summed E-state index contributed by atoms with van der Waals surface area (Å²) < 4.78 is 1.81. The van der Waals surface area contributed by atoms with Gasteiger partial charge in [0, 0.05) is 35.8 Å². The zero-order chi connectivity index (χ0) is 11.4. The zero-order valence-electron chi connectivity index (χ0n) is 9.50. The van der Waals surface area contributed by atoms with Gasteiger partial charge in [-0.15, -0.1) is 0 Å². The van der Waals surface area contributed by atoms with Gasteiger partial charge in [-0.1, -0.05) is 0 Å². The Kier molecular flexibility index (Phi) is 4.61. The van der Waals surface area contributed by atoms with E-state index < -0.39 is 0 Å². The van der Waals surface area contributed by atoms with Gasteiger partial charge in [0.1, 0.15) is 0 Å². The minimum Gasteiger partial charge on any atom is -0.392 e. The third-order valence-corrected chi connectivity index (χ3v) is 5.66. The lowest BCUT2D eigenvalue weighted by Gasteiger charge is -2.25. The second-order valence-electron chi connectivity index (χ2n) is 4.11. The number of aliphatic hydroxyl groups is 1. The molecule has 0 bridgehead atoms. The fraction of sp³-hybridized carbons (Fsp3) is 0.727. The Hall–Kier alpha value is -0.130. The van der Waals surface area contributed by atoms with Crippen LogP contribution in [0.25, 0.3) is 0 Å². The third kappa shape index (κ3) is 3.43. The first kappa shape index (κ1) is 12.3. The summed E-state index contributed by atoms with van der Waals surface area (Å²) in [6.45, 7) is 0. The summed E-state index contributed by atoms with van der Waals surface area (Å²) in [6, 6.07) is 0. The lowest BCUT2D eigenvalue weighted by atomic mass is 10.1. The van der Waals surface area contributed by atoms with Gasteiger partial charge in [-0.25, -0.2) is 0 Å². The molecule has 90 valence electrons. The number of aryl methyl sites for hydroxylation is 2. The molecule has 0 spiro atoms. The molecule has 2 unspecified atom stereocenters. The zero-order valence-corrected chi connectivity index (χ0v) is 11.1. The van der Waals surface area contributed by atoms with Crippen molar-refractivity contribution in [1.82, 2.24) is 9.78 Å². The maximum atomic E-state index is 10.1. The Morgan fingerprint density at radius 3 is 3.12 bits per heavy atom. The van der Waals surface area contributed by atoms with Gasteiger partial charge < -0.3 is 5.11 Å². The van der Waals surface area contributed by atoms with Gasteiger partial charge in [0.05, 0.1) is 12.3 Å². The first-order valence-electron chi connectivity index (χ1n) is 5.60. The molecule has 0 aromatic carbocycles. The Morgan fingerprint density at radius 2 is 2.50 bits per heavy atom. The predicted octanol–water partition coefficient (Wildman–Crippen LogP) is 1.56. The molecule has 0 radical (unpaired) electrons. The van der Waals surface area contributed by atoms with Gasteiger partial charge in [0.15, 0.2) is 0 Å². The van der Waals surface area contributed by atoms with E-state index in [4.69, 9.17) is 0 Å². The first-order chi connectivity index (χ1) is 7.75. The molecular formula is C11H18N2OS2. The second kappa shape index (κ2) is 5.98. The minimum absolute atomic E-state index is 0.169. The summed E-state index contributed by atoms with van der Waals surface area (Å²) in [5, 5.41) is 14.6. The van der Waals surface area contributed by atoms with Crippen LogP contribution in [0.15, 0.2) is 12.4 Å². The Morgan fingerprint density at radius 1 is 1.62 bits per heavy atom. The highest BCUT2D eigenvalue weighted by Gasteiger charge is 2.22. The van der Waals surface area contributed by atoms with E-state index in [1.165, 1.54) is 17.1 Å². The highest BCUT2D eigenvalue weighted by Crippen LogP contribution is 2.27. The fourth-order valence-electron chi connectivity index (χ4n) is 1.83. The highest BCUT2D eigenvalue weighted by molar-refractivity contribution is 8.06. The third-order valence-electron chi connectivity index (χ3n) is 2.76. The molecule has 16 heavy (non-hydrogen) atoms. The van der Waals surface area contributed by atoms with Crippen LogP contribution in [0.5, 0.6) is 0 Å². The monoisotopic (exact) mass is 258 g/mol. The van der Waals surface area contributed by atoms with Crippen molar-refractivity contribution < 1.29 is 5.11 Å². The van der Waals surface area contributed by atoms with Crippen molar-refractivity contribution in [2.45, 2.75) is 24.2 Å². The van der Waals surface area contributed by atoms with Gasteiger partial charge in [-0.3, -0.25) is 4.68 Å². The molecular weight excluding hydrogens is 240 g/mol. The minimum atomic E-state index is -0.169. The van der Waals surface area contributed by atoms with E-state index in [0.29, 0.717) is 5.25 Å².